The van der Waals surface area contributed by atoms with Gasteiger partial charge in [0.05, 0.1) is 0 Å². The summed E-state index contributed by atoms with van der Waals surface area (Å²) in [5.41, 5.74) is 0. The molecule has 0 spiro atoms. The van der Waals surface area contributed by atoms with Crippen molar-refractivity contribution in [1.29, 1.82) is 0 Å². The zero-order chi connectivity index (χ0) is 16.4. The molecule has 0 aliphatic carbocycles. The maximum absolute atomic E-state index is 11.6. The molecular formula is C14H27N3O4. The lowest BCUT2D eigenvalue weighted by Crippen LogP contribution is -2.49. The molecule has 2 atom stereocenters. The lowest BCUT2D eigenvalue weighted by atomic mass is 9.99. The largest absolute Gasteiger partial charge is 0.480 e. The smallest absolute Gasteiger partial charge is 0.326 e. The van der Waals surface area contributed by atoms with E-state index in [0.717, 1.165) is 0 Å². The number of carbonyl (C=O) groups excluding carboxylic acids is 2. The monoisotopic (exact) mass is 301 g/mol. The van der Waals surface area contributed by atoms with Crippen LogP contribution in [0.25, 0.3) is 0 Å². The summed E-state index contributed by atoms with van der Waals surface area (Å²) in [7, 11) is 0. The van der Waals surface area contributed by atoms with Gasteiger partial charge in [0.25, 0.3) is 0 Å². The Morgan fingerprint density at radius 1 is 1.10 bits per heavy atom. The van der Waals surface area contributed by atoms with Gasteiger partial charge in [-0.05, 0) is 11.8 Å². The van der Waals surface area contributed by atoms with Crippen molar-refractivity contribution >= 4 is 17.9 Å². The standard InChI is InChI=1S/C14H27N3O4/c1-5-10(4)12(13(19)20)17-14(21)15-7-6-11(18)16-8-9(2)3/h9-10,12H,5-8H2,1-4H3,(H,16,18)(H,19,20)(H2,15,17,21)/t10?,12-/m0/s1. The molecule has 0 radical (unpaired) electrons. The lowest BCUT2D eigenvalue weighted by molar-refractivity contribution is -0.140. The number of hydrogen-bond donors (Lipinski definition) is 4. The van der Waals surface area contributed by atoms with E-state index in [4.69, 9.17) is 5.11 Å². The van der Waals surface area contributed by atoms with Gasteiger partial charge in [-0.2, -0.15) is 0 Å². The SMILES string of the molecule is CCC(C)[C@H](NC(=O)NCCC(=O)NCC(C)C)C(=O)O. The molecule has 21 heavy (non-hydrogen) atoms. The number of hydrogen-bond acceptors (Lipinski definition) is 3. The van der Waals surface area contributed by atoms with Gasteiger partial charge in [0, 0.05) is 19.5 Å². The molecule has 0 saturated heterocycles. The number of carbonyl (C=O) groups is 3. The Balaban J connectivity index is 4.03. The molecule has 0 aromatic rings. The summed E-state index contributed by atoms with van der Waals surface area (Å²) >= 11 is 0. The van der Waals surface area contributed by atoms with Crippen LogP contribution in [0.2, 0.25) is 0 Å². The first-order chi connectivity index (χ1) is 9.77. The van der Waals surface area contributed by atoms with Crippen molar-refractivity contribution in [2.24, 2.45) is 11.8 Å². The van der Waals surface area contributed by atoms with Crippen LogP contribution in [-0.4, -0.2) is 42.1 Å². The Labute approximate surface area is 125 Å². The molecule has 122 valence electrons. The summed E-state index contributed by atoms with van der Waals surface area (Å²) in [4.78, 5) is 34.1. The topological polar surface area (TPSA) is 108 Å². The number of urea groups is 1. The lowest BCUT2D eigenvalue weighted by Gasteiger charge is -2.20. The molecule has 0 rings (SSSR count). The Hall–Kier alpha value is -1.79. The first kappa shape index (κ1) is 19.2. The van der Waals surface area contributed by atoms with Crippen LogP contribution < -0.4 is 16.0 Å². The van der Waals surface area contributed by atoms with E-state index in [1.54, 1.807) is 6.92 Å². The first-order valence-electron chi connectivity index (χ1n) is 7.31. The van der Waals surface area contributed by atoms with Crippen molar-refractivity contribution in [3.8, 4) is 0 Å². The Morgan fingerprint density at radius 3 is 2.19 bits per heavy atom. The van der Waals surface area contributed by atoms with Gasteiger partial charge < -0.3 is 21.1 Å². The molecule has 0 heterocycles. The fourth-order valence-electron chi connectivity index (χ4n) is 1.57. The Bertz CT molecular complexity index is 358. The maximum atomic E-state index is 11.6. The molecule has 0 aliphatic heterocycles. The highest BCUT2D eigenvalue weighted by Gasteiger charge is 2.25. The fraction of sp³-hybridized carbons (Fsp3) is 0.786. The van der Waals surface area contributed by atoms with Crippen molar-refractivity contribution < 1.29 is 19.5 Å². The van der Waals surface area contributed by atoms with Gasteiger partial charge >= 0.3 is 12.0 Å². The third-order valence-electron chi connectivity index (χ3n) is 3.11. The molecule has 0 saturated carbocycles. The molecule has 4 N–H and O–H groups in total. The summed E-state index contributed by atoms with van der Waals surface area (Å²) in [6.07, 6.45) is 0.816. The second-order valence-corrected chi connectivity index (χ2v) is 5.55. The van der Waals surface area contributed by atoms with Crippen LogP contribution in [0.4, 0.5) is 4.79 Å². The molecular weight excluding hydrogens is 274 g/mol. The number of nitrogens with one attached hydrogen (secondary N) is 3. The van der Waals surface area contributed by atoms with Gasteiger partial charge in [0.15, 0.2) is 0 Å². The van der Waals surface area contributed by atoms with Gasteiger partial charge in [-0.3, -0.25) is 4.79 Å². The summed E-state index contributed by atoms with van der Waals surface area (Å²) in [6, 6.07) is -1.50. The quantitative estimate of drug-likeness (QED) is 0.508. The van der Waals surface area contributed by atoms with Gasteiger partial charge in [-0.25, -0.2) is 9.59 Å². The third-order valence-corrected chi connectivity index (χ3v) is 3.11. The van der Waals surface area contributed by atoms with Crippen molar-refractivity contribution in [3.63, 3.8) is 0 Å². The highest BCUT2D eigenvalue weighted by atomic mass is 16.4. The predicted molar refractivity (Wildman–Crippen MR) is 79.9 cm³/mol. The first-order valence-corrected chi connectivity index (χ1v) is 7.31. The van der Waals surface area contributed by atoms with Gasteiger partial charge in [-0.1, -0.05) is 34.1 Å². The highest BCUT2D eigenvalue weighted by molar-refractivity contribution is 5.83. The number of rotatable bonds is 9. The normalized spacial score (nSPS) is 13.4. The van der Waals surface area contributed by atoms with Crippen LogP contribution >= 0.6 is 0 Å². The van der Waals surface area contributed by atoms with E-state index in [0.29, 0.717) is 18.9 Å². The van der Waals surface area contributed by atoms with Gasteiger partial charge in [0.1, 0.15) is 6.04 Å². The van der Waals surface area contributed by atoms with E-state index < -0.39 is 18.0 Å². The predicted octanol–water partition coefficient (Wildman–Crippen LogP) is 0.947. The van der Waals surface area contributed by atoms with Gasteiger partial charge in [0.2, 0.25) is 5.91 Å². The summed E-state index contributed by atoms with van der Waals surface area (Å²) in [6.45, 7) is 8.38. The zero-order valence-electron chi connectivity index (χ0n) is 13.2. The third kappa shape index (κ3) is 8.88. The number of amides is 3. The van der Waals surface area contributed by atoms with Crippen LogP contribution in [0.1, 0.15) is 40.5 Å². The van der Waals surface area contributed by atoms with Crippen molar-refractivity contribution in [2.45, 2.75) is 46.6 Å². The maximum Gasteiger partial charge on any atom is 0.326 e. The average molecular weight is 301 g/mol. The molecule has 7 heteroatoms. The van der Waals surface area contributed by atoms with E-state index in [1.807, 2.05) is 20.8 Å². The zero-order valence-corrected chi connectivity index (χ0v) is 13.2. The molecule has 0 aromatic heterocycles. The summed E-state index contributed by atoms with van der Waals surface area (Å²) < 4.78 is 0. The van der Waals surface area contributed by atoms with Crippen LogP contribution in [-0.2, 0) is 9.59 Å². The van der Waals surface area contributed by atoms with Crippen LogP contribution in [0.5, 0.6) is 0 Å². The van der Waals surface area contributed by atoms with Crippen molar-refractivity contribution in [3.05, 3.63) is 0 Å². The Morgan fingerprint density at radius 2 is 1.71 bits per heavy atom. The number of aliphatic carboxylic acids is 1. The van der Waals surface area contributed by atoms with Gasteiger partial charge in [-0.15, -0.1) is 0 Å². The second-order valence-electron chi connectivity index (χ2n) is 5.55. The molecule has 7 nitrogen and oxygen atoms in total. The molecule has 0 aromatic carbocycles. The summed E-state index contributed by atoms with van der Waals surface area (Å²) in [5, 5.41) is 16.7. The van der Waals surface area contributed by atoms with E-state index in [1.165, 1.54) is 0 Å². The molecule has 0 fully saturated rings. The number of carboxylic acid groups (broad SMARTS) is 1. The summed E-state index contributed by atoms with van der Waals surface area (Å²) in [5.74, 6) is -0.991. The number of carboxylic acids is 1. The molecule has 0 aliphatic rings. The van der Waals surface area contributed by atoms with E-state index in [9.17, 15) is 14.4 Å². The Kier molecular flexibility index (Phi) is 9.16. The van der Waals surface area contributed by atoms with E-state index >= 15 is 0 Å². The minimum atomic E-state index is -1.06. The molecule has 3 amide bonds. The fourth-order valence-corrected chi connectivity index (χ4v) is 1.57. The molecule has 0 bridgehead atoms. The minimum absolute atomic E-state index is 0.138. The van der Waals surface area contributed by atoms with Crippen molar-refractivity contribution in [1.82, 2.24) is 16.0 Å². The second kappa shape index (κ2) is 10.0. The van der Waals surface area contributed by atoms with Crippen LogP contribution in [0.3, 0.4) is 0 Å². The van der Waals surface area contributed by atoms with Crippen LogP contribution in [0.15, 0.2) is 0 Å². The minimum Gasteiger partial charge on any atom is -0.480 e. The molecule has 1 unspecified atom stereocenters. The van der Waals surface area contributed by atoms with Crippen molar-refractivity contribution in [2.75, 3.05) is 13.1 Å². The van der Waals surface area contributed by atoms with E-state index in [2.05, 4.69) is 16.0 Å². The average Bonchev–Trinajstić information content (AvgIpc) is 2.41. The van der Waals surface area contributed by atoms with Crippen LogP contribution in [0, 0.1) is 11.8 Å². The van der Waals surface area contributed by atoms with E-state index in [-0.39, 0.29) is 24.8 Å². The highest BCUT2D eigenvalue weighted by Crippen LogP contribution is 2.07.